The van der Waals surface area contributed by atoms with Gasteiger partial charge in [0.05, 0.1) is 10.7 Å². The van der Waals surface area contributed by atoms with Crippen molar-refractivity contribution in [1.82, 2.24) is 10.4 Å². The number of carbonyl (C=O) groups is 1. The number of benzene rings is 2. The summed E-state index contributed by atoms with van der Waals surface area (Å²) in [7, 11) is 0. The Morgan fingerprint density at radius 1 is 1.21 bits per heavy atom. The van der Waals surface area contributed by atoms with E-state index in [9.17, 15) is 9.90 Å². The number of amides is 1. The van der Waals surface area contributed by atoms with E-state index in [-0.39, 0.29) is 11.7 Å². The van der Waals surface area contributed by atoms with Crippen molar-refractivity contribution in [3.8, 4) is 5.75 Å². The fourth-order valence-electron chi connectivity index (χ4n) is 2.18. The minimum atomic E-state index is -0.312. The van der Waals surface area contributed by atoms with E-state index in [4.69, 9.17) is 0 Å². The predicted molar refractivity (Wildman–Crippen MR) is 100 cm³/mol. The van der Waals surface area contributed by atoms with Crippen molar-refractivity contribution in [2.24, 2.45) is 5.10 Å². The second-order valence-electron chi connectivity index (χ2n) is 4.91. The van der Waals surface area contributed by atoms with Crippen molar-refractivity contribution in [3.63, 3.8) is 0 Å². The van der Waals surface area contributed by atoms with Crippen molar-refractivity contribution < 1.29 is 9.90 Å². The van der Waals surface area contributed by atoms with Gasteiger partial charge in [-0.15, -0.1) is 0 Å². The van der Waals surface area contributed by atoms with Crippen LogP contribution in [0.25, 0.3) is 10.9 Å². The lowest BCUT2D eigenvalue weighted by Crippen LogP contribution is -2.17. The molecule has 0 unspecified atom stereocenters. The SMILES string of the molecule is O=C(N/N=C\c1cc(Br)c(O)c2ncccc12)c1cccc(Br)c1. The Morgan fingerprint density at radius 2 is 2.04 bits per heavy atom. The Hall–Kier alpha value is -2.25. The first-order valence-corrected chi connectivity index (χ1v) is 8.50. The summed E-state index contributed by atoms with van der Waals surface area (Å²) in [4.78, 5) is 16.2. The monoisotopic (exact) mass is 447 g/mol. The number of phenols is 1. The van der Waals surface area contributed by atoms with E-state index < -0.39 is 0 Å². The molecule has 120 valence electrons. The summed E-state index contributed by atoms with van der Waals surface area (Å²) >= 11 is 6.61. The topological polar surface area (TPSA) is 74.6 Å². The predicted octanol–water partition coefficient (Wildman–Crippen LogP) is 4.23. The Balaban J connectivity index is 1.86. The van der Waals surface area contributed by atoms with E-state index >= 15 is 0 Å². The van der Waals surface area contributed by atoms with Gasteiger partial charge in [-0.25, -0.2) is 5.43 Å². The molecule has 1 heterocycles. The smallest absolute Gasteiger partial charge is 0.271 e. The molecule has 0 atom stereocenters. The number of rotatable bonds is 3. The number of pyridine rings is 1. The molecule has 0 bridgehead atoms. The average molecular weight is 449 g/mol. The van der Waals surface area contributed by atoms with E-state index in [2.05, 4.69) is 47.4 Å². The maximum absolute atomic E-state index is 12.1. The van der Waals surface area contributed by atoms with Crippen LogP contribution in [-0.4, -0.2) is 22.2 Å². The standard InChI is InChI=1S/C17H11Br2N3O2/c18-12-4-1-3-10(7-12)17(24)22-21-9-11-8-14(19)16(23)15-13(11)5-2-6-20-15/h1-9,23H,(H,22,24)/b21-9-. The van der Waals surface area contributed by atoms with Crippen LogP contribution in [0, 0.1) is 0 Å². The number of phenolic OH excluding ortho intramolecular Hbond substituents is 1. The maximum Gasteiger partial charge on any atom is 0.271 e. The molecule has 0 radical (unpaired) electrons. The summed E-state index contributed by atoms with van der Waals surface area (Å²) in [6.07, 6.45) is 3.12. The highest BCUT2D eigenvalue weighted by Gasteiger charge is 2.10. The van der Waals surface area contributed by atoms with Crippen LogP contribution in [0.1, 0.15) is 15.9 Å². The summed E-state index contributed by atoms with van der Waals surface area (Å²) < 4.78 is 1.33. The molecule has 0 aliphatic rings. The quantitative estimate of drug-likeness (QED) is 0.465. The zero-order valence-electron chi connectivity index (χ0n) is 12.2. The Kier molecular flexibility index (Phi) is 4.92. The van der Waals surface area contributed by atoms with Gasteiger partial charge in [-0.05, 0) is 46.3 Å². The highest BCUT2D eigenvalue weighted by Crippen LogP contribution is 2.33. The number of fused-ring (bicyclic) bond motifs is 1. The highest BCUT2D eigenvalue weighted by atomic mass is 79.9. The lowest BCUT2D eigenvalue weighted by molar-refractivity contribution is 0.0955. The molecule has 5 nitrogen and oxygen atoms in total. The lowest BCUT2D eigenvalue weighted by Gasteiger charge is -2.06. The number of halogens is 2. The molecule has 7 heteroatoms. The third-order valence-electron chi connectivity index (χ3n) is 3.31. The molecule has 0 fully saturated rings. The summed E-state index contributed by atoms with van der Waals surface area (Å²) in [6.45, 7) is 0. The number of aromatic hydroxyl groups is 1. The van der Waals surface area contributed by atoms with E-state index in [0.29, 0.717) is 15.6 Å². The van der Waals surface area contributed by atoms with Crippen LogP contribution in [0.4, 0.5) is 0 Å². The van der Waals surface area contributed by atoms with Crippen LogP contribution in [0.5, 0.6) is 5.75 Å². The average Bonchev–Trinajstić information content (AvgIpc) is 2.59. The molecule has 3 rings (SSSR count). The molecule has 1 amide bonds. The molecule has 0 aliphatic carbocycles. The van der Waals surface area contributed by atoms with Gasteiger partial charge in [-0.2, -0.15) is 5.10 Å². The van der Waals surface area contributed by atoms with Crippen molar-refractivity contribution in [3.05, 3.63) is 68.7 Å². The molecule has 3 aromatic rings. The number of nitrogens with one attached hydrogen (secondary N) is 1. The fourth-order valence-corrected chi connectivity index (χ4v) is 3.02. The molecule has 1 aromatic heterocycles. The van der Waals surface area contributed by atoms with Crippen molar-refractivity contribution in [1.29, 1.82) is 0 Å². The minimum absolute atomic E-state index is 0.0703. The third-order valence-corrected chi connectivity index (χ3v) is 4.41. The lowest BCUT2D eigenvalue weighted by atomic mass is 10.1. The number of hydrazone groups is 1. The second-order valence-corrected chi connectivity index (χ2v) is 6.68. The van der Waals surface area contributed by atoms with Crippen LogP contribution in [-0.2, 0) is 0 Å². The van der Waals surface area contributed by atoms with Crippen LogP contribution in [0.15, 0.2) is 62.7 Å². The van der Waals surface area contributed by atoms with Gasteiger partial charge in [-0.3, -0.25) is 9.78 Å². The fraction of sp³-hybridized carbons (Fsp3) is 0. The first-order valence-electron chi connectivity index (χ1n) is 6.91. The van der Waals surface area contributed by atoms with Gasteiger partial charge < -0.3 is 5.11 Å². The number of aromatic nitrogens is 1. The van der Waals surface area contributed by atoms with Gasteiger partial charge in [-0.1, -0.05) is 28.1 Å². The largest absolute Gasteiger partial charge is 0.505 e. The summed E-state index contributed by atoms with van der Waals surface area (Å²) in [5.74, 6) is -0.242. The first kappa shape index (κ1) is 16.6. The molecular weight excluding hydrogens is 438 g/mol. The number of nitrogens with zero attached hydrogens (tertiary/aromatic N) is 2. The van der Waals surface area contributed by atoms with E-state index in [0.717, 1.165) is 15.4 Å². The Bertz CT molecular complexity index is 958. The van der Waals surface area contributed by atoms with Crippen LogP contribution < -0.4 is 5.43 Å². The molecule has 0 saturated carbocycles. The molecule has 24 heavy (non-hydrogen) atoms. The van der Waals surface area contributed by atoms with E-state index in [1.807, 2.05) is 12.1 Å². The summed E-state index contributed by atoms with van der Waals surface area (Å²) in [5, 5.41) is 14.8. The van der Waals surface area contributed by atoms with Crippen molar-refractivity contribution >= 4 is 54.9 Å². The zero-order chi connectivity index (χ0) is 17.1. The Morgan fingerprint density at radius 3 is 2.83 bits per heavy atom. The molecule has 0 spiro atoms. The summed E-state index contributed by atoms with van der Waals surface area (Å²) in [6, 6.07) is 12.3. The van der Waals surface area contributed by atoms with E-state index in [1.165, 1.54) is 6.21 Å². The molecule has 2 N–H and O–H groups in total. The van der Waals surface area contributed by atoms with Crippen molar-refractivity contribution in [2.75, 3.05) is 0 Å². The van der Waals surface area contributed by atoms with Crippen LogP contribution >= 0.6 is 31.9 Å². The zero-order valence-corrected chi connectivity index (χ0v) is 15.4. The van der Waals surface area contributed by atoms with E-state index in [1.54, 1.807) is 36.5 Å². The normalized spacial score (nSPS) is 11.1. The minimum Gasteiger partial charge on any atom is -0.505 e. The van der Waals surface area contributed by atoms with Gasteiger partial charge in [0.1, 0.15) is 5.52 Å². The van der Waals surface area contributed by atoms with Crippen molar-refractivity contribution in [2.45, 2.75) is 0 Å². The highest BCUT2D eigenvalue weighted by molar-refractivity contribution is 9.10. The molecule has 0 aliphatic heterocycles. The van der Waals surface area contributed by atoms with Gasteiger partial charge in [0, 0.05) is 27.2 Å². The molecule has 0 saturated heterocycles. The first-order chi connectivity index (χ1) is 11.6. The van der Waals surface area contributed by atoms with Gasteiger partial charge >= 0.3 is 0 Å². The maximum atomic E-state index is 12.1. The second kappa shape index (κ2) is 7.11. The number of hydrogen-bond donors (Lipinski definition) is 2. The number of hydrogen-bond acceptors (Lipinski definition) is 4. The number of carbonyl (C=O) groups excluding carboxylic acids is 1. The van der Waals surface area contributed by atoms with Gasteiger partial charge in [0.25, 0.3) is 5.91 Å². The third kappa shape index (κ3) is 3.47. The molecular formula is C17H11Br2N3O2. The van der Waals surface area contributed by atoms with Gasteiger partial charge in [0.2, 0.25) is 0 Å². The van der Waals surface area contributed by atoms with Crippen LogP contribution in [0.2, 0.25) is 0 Å². The van der Waals surface area contributed by atoms with Crippen LogP contribution in [0.3, 0.4) is 0 Å². The van der Waals surface area contributed by atoms with Gasteiger partial charge in [0.15, 0.2) is 5.75 Å². The molecule has 2 aromatic carbocycles. The summed E-state index contributed by atoms with van der Waals surface area (Å²) in [5.41, 5.74) is 4.17. The Labute approximate surface area is 154 Å².